The van der Waals surface area contributed by atoms with Crippen LogP contribution in [-0.2, 0) is 4.79 Å². The minimum absolute atomic E-state index is 0.000530. The maximum absolute atomic E-state index is 12.2. The zero-order valence-corrected chi connectivity index (χ0v) is 21.3. The molecule has 0 aliphatic carbocycles. The van der Waals surface area contributed by atoms with Crippen molar-refractivity contribution in [2.45, 2.75) is 32.8 Å². The molecule has 1 fully saturated rings. The van der Waals surface area contributed by atoms with E-state index in [-0.39, 0.29) is 23.5 Å². The highest BCUT2D eigenvalue weighted by molar-refractivity contribution is 6.33. The second-order valence-electron chi connectivity index (χ2n) is 9.49. The van der Waals surface area contributed by atoms with Gasteiger partial charge in [-0.1, -0.05) is 61.8 Å². The van der Waals surface area contributed by atoms with Crippen molar-refractivity contribution in [2.24, 2.45) is 5.92 Å². The van der Waals surface area contributed by atoms with Gasteiger partial charge in [-0.2, -0.15) is 4.98 Å². The highest BCUT2D eigenvalue weighted by atomic mass is 35.5. The lowest BCUT2D eigenvalue weighted by Crippen LogP contribution is -2.43. The monoisotopic (exact) mass is 518 g/mol. The smallest absolute Gasteiger partial charge is 0.335 e. The molecule has 0 spiro atoms. The van der Waals surface area contributed by atoms with Gasteiger partial charge in [-0.25, -0.2) is 9.78 Å². The van der Waals surface area contributed by atoms with E-state index in [0.29, 0.717) is 41.0 Å². The van der Waals surface area contributed by atoms with Crippen LogP contribution in [0.25, 0.3) is 33.5 Å². The predicted octanol–water partition coefficient (Wildman–Crippen LogP) is 5.67. The van der Waals surface area contributed by atoms with Crippen LogP contribution in [0.5, 0.6) is 6.01 Å². The zero-order chi connectivity index (χ0) is 26.1. The number of piperidine rings is 1. The van der Waals surface area contributed by atoms with Crippen LogP contribution in [0.3, 0.4) is 0 Å². The van der Waals surface area contributed by atoms with Gasteiger partial charge in [0.05, 0.1) is 21.8 Å². The first-order chi connectivity index (χ1) is 17.8. The molecule has 1 aliphatic rings. The van der Waals surface area contributed by atoms with Crippen molar-refractivity contribution in [1.29, 1.82) is 0 Å². The van der Waals surface area contributed by atoms with Gasteiger partial charge in [-0.05, 0) is 29.3 Å². The fourth-order valence-electron chi connectivity index (χ4n) is 4.50. The molecule has 2 aromatic heterocycles. The van der Waals surface area contributed by atoms with Crippen molar-refractivity contribution in [3.05, 3.63) is 65.2 Å². The van der Waals surface area contributed by atoms with Gasteiger partial charge in [-0.15, -0.1) is 0 Å². The summed E-state index contributed by atoms with van der Waals surface area (Å²) in [5, 5.41) is 9.58. The number of amides is 1. The molecule has 0 atom stereocenters. The van der Waals surface area contributed by atoms with Crippen LogP contribution in [-0.4, -0.2) is 56.0 Å². The number of H-pyrrole nitrogens is 1. The number of aromatic amines is 1. The largest absolute Gasteiger partial charge is 0.478 e. The van der Waals surface area contributed by atoms with E-state index in [2.05, 4.69) is 15.0 Å². The highest BCUT2D eigenvalue weighted by Gasteiger charge is 2.26. The SMILES string of the molecule is CC(C)C(=O)N1CCC(Oc2nc3nc(-c4ccc(-c5ccc(C(=O)O)cc5)cc4)c(Cl)cc3[nH]2)CC1. The fraction of sp³-hybridized carbons (Fsp3) is 0.286. The number of nitrogens with one attached hydrogen (secondary N) is 1. The Morgan fingerprint density at radius 2 is 1.59 bits per heavy atom. The molecule has 0 unspecified atom stereocenters. The van der Waals surface area contributed by atoms with Crippen LogP contribution in [0.4, 0.5) is 0 Å². The molecule has 190 valence electrons. The lowest BCUT2D eigenvalue weighted by atomic mass is 10.0. The number of imidazole rings is 1. The lowest BCUT2D eigenvalue weighted by Gasteiger charge is -2.32. The molecule has 8 nitrogen and oxygen atoms in total. The molecule has 2 aromatic carbocycles. The molecule has 5 rings (SSSR count). The van der Waals surface area contributed by atoms with Gasteiger partial charge >= 0.3 is 5.97 Å². The average molecular weight is 519 g/mol. The van der Waals surface area contributed by atoms with Crippen molar-refractivity contribution >= 4 is 34.6 Å². The van der Waals surface area contributed by atoms with Gasteiger partial charge in [0.25, 0.3) is 6.01 Å². The van der Waals surface area contributed by atoms with Crippen LogP contribution >= 0.6 is 11.6 Å². The maximum atomic E-state index is 12.2. The summed E-state index contributed by atoms with van der Waals surface area (Å²) < 4.78 is 6.08. The van der Waals surface area contributed by atoms with E-state index in [1.807, 2.05) is 43.0 Å². The standard InChI is InChI=1S/C28H27ClN4O4/c1-16(2)26(34)33-13-11-21(12-14-33)37-28-30-23-15-22(29)24(31-25(23)32-28)19-7-3-17(4-8-19)18-5-9-20(10-6-18)27(35)36/h3-10,15-16,21H,11-14H2,1-2H3,(H,35,36)(H,30,31,32). The number of benzene rings is 2. The van der Waals surface area contributed by atoms with Gasteiger partial charge in [0, 0.05) is 37.4 Å². The van der Waals surface area contributed by atoms with Crippen LogP contribution in [0, 0.1) is 5.92 Å². The molecular weight excluding hydrogens is 492 g/mol. The summed E-state index contributed by atoms with van der Waals surface area (Å²) in [7, 11) is 0. The number of carboxylic acids is 1. The zero-order valence-electron chi connectivity index (χ0n) is 20.6. The number of pyridine rings is 1. The second kappa shape index (κ2) is 10.2. The number of hydrogen-bond donors (Lipinski definition) is 2. The summed E-state index contributed by atoms with van der Waals surface area (Å²) in [6.45, 7) is 5.19. The Hall–Kier alpha value is -3.91. The third-order valence-corrected chi connectivity index (χ3v) is 6.84. The third kappa shape index (κ3) is 5.29. The Kier molecular flexibility index (Phi) is 6.84. The van der Waals surface area contributed by atoms with Crippen molar-refractivity contribution in [3.63, 3.8) is 0 Å². The molecule has 1 aliphatic heterocycles. The molecule has 4 aromatic rings. The number of ether oxygens (including phenoxy) is 1. The first kappa shape index (κ1) is 24.8. The number of carboxylic acid groups (broad SMARTS) is 1. The van der Waals surface area contributed by atoms with Crippen molar-refractivity contribution in [3.8, 4) is 28.4 Å². The molecule has 0 bridgehead atoms. The Morgan fingerprint density at radius 1 is 1.00 bits per heavy atom. The third-order valence-electron chi connectivity index (χ3n) is 6.55. The molecule has 2 N–H and O–H groups in total. The minimum Gasteiger partial charge on any atom is -0.478 e. The molecule has 9 heteroatoms. The second-order valence-corrected chi connectivity index (χ2v) is 9.90. The summed E-state index contributed by atoms with van der Waals surface area (Å²) in [5.41, 5.74) is 4.76. The van der Waals surface area contributed by atoms with E-state index in [0.717, 1.165) is 29.5 Å². The number of carbonyl (C=O) groups is 2. The summed E-state index contributed by atoms with van der Waals surface area (Å²) in [5.74, 6) is -0.773. The molecule has 0 saturated carbocycles. The number of halogens is 1. The number of aromatic carboxylic acids is 1. The van der Waals surface area contributed by atoms with Crippen LogP contribution < -0.4 is 4.74 Å². The number of fused-ring (bicyclic) bond motifs is 1. The molecule has 0 radical (unpaired) electrons. The average Bonchev–Trinajstić information content (AvgIpc) is 3.29. The predicted molar refractivity (Wildman–Crippen MR) is 142 cm³/mol. The number of nitrogens with zero attached hydrogens (tertiary/aromatic N) is 3. The summed E-state index contributed by atoms with van der Waals surface area (Å²) >= 11 is 6.57. The number of likely N-dealkylation sites (tertiary alicyclic amines) is 1. The van der Waals surface area contributed by atoms with E-state index in [4.69, 9.17) is 21.4 Å². The summed E-state index contributed by atoms with van der Waals surface area (Å²) in [6, 6.07) is 16.7. The van der Waals surface area contributed by atoms with E-state index in [1.54, 1.807) is 30.3 Å². The number of carbonyl (C=O) groups excluding carboxylic acids is 1. The number of rotatable bonds is 6. The van der Waals surface area contributed by atoms with Crippen LogP contribution in [0.2, 0.25) is 5.02 Å². The minimum atomic E-state index is -0.951. The van der Waals surface area contributed by atoms with E-state index in [9.17, 15) is 9.59 Å². The Bertz CT molecular complexity index is 1440. The summed E-state index contributed by atoms with van der Waals surface area (Å²) in [4.78, 5) is 37.5. The van der Waals surface area contributed by atoms with Gasteiger partial charge in [0.2, 0.25) is 5.91 Å². The Balaban J connectivity index is 1.30. The lowest BCUT2D eigenvalue weighted by molar-refractivity contribution is -0.136. The topological polar surface area (TPSA) is 108 Å². The first-order valence-electron chi connectivity index (χ1n) is 12.2. The molecule has 1 saturated heterocycles. The molecule has 3 heterocycles. The van der Waals surface area contributed by atoms with E-state index < -0.39 is 5.97 Å². The molecular formula is C28H27ClN4O4. The maximum Gasteiger partial charge on any atom is 0.335 e. The van der Waals surface area contributed by atoms with Gasteiger partial charge in [0.1, 0.15) is 6.10 Å². The Morgan fingerprint density at radius 3 is 2.19 bits per heavy atom. The van der Waals surface area contributed by atoms with E-state index in [1.165, 1.54) is 0 Å². The van der Waals surface area contributed by atoms with Crippen molar-refractivity contribution < 1.29 is 19.4 Å². The van der Waals surface area contributed by atoms with Gasteiger partial charge in [0.15, 0.2) is 5.65 Å². The fourth-order valence-corrected chi connectivity index (χ4v) is 4.76. The van der Waals surface area contributed by atoms with Crippen molar-refractivity contribution in [2.75, 3.05) is 13.1 Å². The quantitative estimate of drug-likeness (QED) is 0.340. The van der Waals surface area contributed by atoms with Gasteiger partial charge in [-0.3, -0.25) is 4.79 Å². The van der Waals surface area contributed by atoms with E-state index >= 15 is 0 Å². The van der Waals surface area contributed by atoms with Gasteiger partial charge < -0.3 is 19.7 Å². The summed E-state index contributed by atoms with van der Waals surface area (Å²) in [6.07, 6.45) is 1.48. The number of hydrogen-bond acceptors (Lipinski definition) is 5. The first-order valence-corrected chi connectivity index (χ1v) is 12.6. The molecule has 1 amide bonds. The van der Waals surface area contributed by atoms with Crippen molar-refractivity contribution in [1.82, 2.24) is 19.9 Å². The van der Waals surface area contributed by atoms with Crippen LogP contribution in [0.1, 0.15) is 37.0 Å². The number of aromatic nitrogens is 3. The Labute approximate surface area is 219 Å². The van der Waals surface area contributed by atoms with Crippen LogP contribution in [0.15, 0.2) is 54.6 Å². The molecule has 37 heavy (non-hydrogen) atoms. The highest BCUT2D eigenvalue weighted by Crippen LogP contribution is 2.31. The normalized spacial score (nSPS) is 14.3.